The number of methoxy groups -OCH3 is 1. The number of nitrogens with one attached hydrogen (secondary N) is 1. The molecule has 166 valence electrons. The van der Waals surface area contributed by atoms with E-state index in [4.69, 9.17) is 9.47 Å². The minimum atomic E-state index is -0.0910. The maximum absolute atomic E-state index is 10.6. The van der Waals surface area contributed by atoms with E-state index in [-0.39, 0.29) is 40.7 Å². The van der Waals surface area contributed by atoms with E-state index < -0.39 is 0 Å². The summed E-state index contributed by atoms with van der Waals surface area (Å²) >= 11 is 0. The SMILES string of the molecule is CCc1cc(-c2ccc(OC)cc2)c(O)cc1OCCCCCC(C)(C)c1nn[nH]n1.[Na+]. The second-order valence-electron chi connectivity index (χ2n) is 8.34. The van der Waals surface area contributed by atoms with E-state index >= 15 is 0 Å². The fraction of sp³-hybridized carbons (Fsp3) is 0.458. The normalized spacial score (nSPS) is 11.1. The molecule has 3 rings (SSSR count). The van der Waals surface area contributed by atoms with Gasteiger partial charge in [-0.05, 0) is 48.6 Å². The van der Waals surface area contributed by atoms with Crippen LogP contribution in [0.1, 0.15) is 57.8 Å². The Morgan fingerprint density at radius 1 is 1.06 bits per heavy atom. The molecule has 32 heavy (non-hydrogen) atoms. The van der Waals surface area contributed by atoms with E-state index in [2.05, 4.69) is 41.4 Å². The van der Waals surface area contributed by atoms with Gasteiger partial charge in [0.1, 0.15) is 17.2 Å². The fourth-order valence-corrected chi connectivity index (χ4v) is 3.61. The monoisotopic (exact) mass is 447 g/mol. The van der Waals surface area contributed by atoms with E-state index in [9.17, 15) is 5.11 Å². The Hall–Kier alpha value is -2.09. The largest absolute Gasteiger partial charge is 1.00 e. The zero-order valence-corrected chi connectivity index (χ0v) is 21.8. The van der Waals surface area contributed by atoms with Gasteiger partial charge < -0.3 is 14.6 Å². The number of tetrazole rings is 1. The zero-order valence-electron chi connectivity index (χ0n) is 19.8. The van der Waals surface area contributed by atoms with Crippen LogP contribution in [0.3, 0.4) is 0 Å². The number of aromatic amines is 1. The Morgan fingerprint density at radius 3 is 2.44 bits per heavy atom. The summed E-state index contributed by atoms with van der Waals surface area (Å²) < 4.78 is 11.2. The van der Waals surface area contributed by atoms with Gasteiger partial charge in [-0.1, -0.05) is 51.0 Å². The molecule has 0 saturated carbocycles. The summed E-state index contributed by atoms with van der Waals surface area (Å²) in [6, 6.07) is 11.4. The van der Waals surface area contributed by atoms with Crippen molar-refractivity contribution in [3.8, 4) is 28.4 Å². The first-order chi connectivity index (χ1) is 14.9. The molecule has 1 aromatic heterocycles. The van der Waals surface area contributed by atoms with Crippen molar-refractivity contribution in [3.05, 3.63) is 47.8 Å². The van der Waals surface area contributed by atoms with E-state index in [1.807, 2.05) is 30.3 Å². The van der Waals surface area contributed by atoms with Gasteiger partial charge in [-0.2, -0.15) is 5.21 Å². The van der Waals surface area contributed by atoms with Crippen LogP contribution in [-0.4, -0.2) is 39.4 Å². The summed E-state index contributed by atoms with van der Waals surface area (Å²) in [4.78, 5) is 0. The number of aryl methyl sites for hydroxylation is 1. The summed E-state index contributed by atoms with van der Waals surface area (Å²) in [6.45, 7) is 6.98. The van der Waals surface area contributed by atoms with Gasteiger partial charge >= 0.3 is 29.6 Å². The molecule has 2 N–H and O–H groups in total. The number of phenolic OH excluding ortho intramolecular Hbond substituents is 1. The van der Waals surface area contributed by atoms with Crippen molar-refractivity contribution in [2.24, 2.45) is 0 Å². The number of hydrogen-bond donors (Lipinski definition) is 2. The summed E-state index contributed by atoms with van der Waals surface area (Å²) in [7, 11) is 1.64. The number of phenols is 1. The molecule has 0 radical (unpaired) electrons. The zero-order chi connectivity index (χ0) is 22.3. The van der Waals surface area contributed by atoms with Gasteiger partial charge in [0.05, 0.1) is 13.7 Å². The van der Waals surface area contributed by atoms with E-state index in [0.29, 0.717) is 6.61 Å². The van der Waals surface area contributed by atoms with Crippen LogP contribution in [0, 0.1) is 0 Å². The van der Waals surface area contributed by atoms with E-state index in [0.717, 1.165) is 66.1 Å². The van der Waals surface area contributed by atoms with Gasteiger partial charge in [0.25, 0.3) is 0 Å². The molecule has 0 aliphatic heterocycles. The first-order valence-corrected chi connectivity index (χ1v) is 10.8. The molecule has 0 aliphatic rings. The second kappa shape index (κ2) is 12.2. The quantitative estimate of drug-likeness (QED) is 0.345. The minimum absolute atomic E-state index is 0. The predicted octanol–water partition coefficient (Wildman–Crippen LogP) is 2.06. The third-order valence-corrected chi connectivity index (χ3v) is 5.62. The van der Waals surface area contributed by atoms with Crippen LogP contribution in [0.25, 0.3) is 11.1 Å². The standard InChI is InChI=1S/C24H32N4O3.Na/c1-5-17-15-20(18-9-11-19(30-4)12-10-18)21(29)16-22(17)31-14-8-6-7-13-24(2,3)23-25-27-28-26-23;/h9-12,15-16,29H,5-8,13-14H2,1-4H3,(H,25,26,27,28);/q;+1. The van der Waals surface area contributed by atoms with Crippen molar-refractivity contribution < 1.29 is 44.1 Å². The van der Waals surface area contributed by atoms with Crippen molar-refractivity contribution in [1.29, 1.82) is 0 Å². The average Bonchev–Trinajstić information content (AvgIpc) is 3.32. The van der Waals surface area contributed by atoms with Gasteiger partial charge in [0, 0.05) is 17.0 Å². The molecule has 0 unspecified atom stereocenters. The molecule has 0 spiro atoms. The molecule has 0 amide bonds. The third kappa shape index (κ3) is 6.70. The molecule has 7 nitrogen and oxygen atoms in total. The van der Waals surface area contributed by atoms with Crippen molar-refractivity contribution in [2.45, 2.75) is 58.3 Å². The Labute approximate surface area is 212 Å². The fourth-order valence-electron chi connectivity index (χ4n) is 3.61. The first-order valence-electron chi connectivity index (χ1n) is 10.8. The molecule has 0 bridgehead atoms. The average molecular weight is 448 g/mol. The molecule has 8 heteroatoms. The number of nitrogens with zero attached hydrogens (tertiary/aromatic N) is 3. The predicted molar refractivity (Wildman–Crippen MR) is 121 cm³/mol. The molecule has 0 atom stereocenters. The summed E-state index contributed by atoms with van der Waals surface area (Å²) in [5.41, 5.74) is 2.74. The van der Waals surface area contributed by atoms with Crippen LogP contribution in [0.15, 0.2) is 36.4 Å². The maximum Gasteiger partial charge on any atom is 1.00 e. The Bertz CT molecular complexity index is 960. The minimum Gasteiger partial charge on any atom is -0.507 e. The maximum atomic E-state index is 10.6. The summed E-state index contributed by atoms with van der Waals surface area (Å²) in [6.07, 6.45) is 4.89. The number of benzene rings is 2. The van der Waals surface area contributed by atoms with Crippen molar-refractivity contribution in [3.63, 3.8) is 0 Å². The van der Waals surface area contributed by atoms with Crippen LogP contribution in [-0.2, 0) is 11.8 Å². The second-order valence-corrected chi connectivity index (χ2v) is 8.34. The number of aromatic hydroxyl groups is 1. The van der Waals surface area contributed by atoms with Gasteiger partial charge in [0.2, 0.25) is 0 Å². The third-order valence-electron chi connectivity index (χ3n) is 5.62. The Morgan fingerprint density at radius 2 is 1.81 bits per heavy atom. The van der Waals surface area contributed by atoms with Gasteiger partial charge in [-0.25, -0.2) is 0 Å². The molecule has 0 fully saturated rings. The van der Waals surface area contributed by atoms with Gasteiger partial charge in [0.15, 0.2) is 5.82 Å². The van der Waals surface area contributed by atoms with Crippen LogP contribution in [0.2, 0.25) is 0 Å². The molecule has 1 heterocycles. The number of rotatable bonds is 11. The Kier molecular flexibility index (Phi) is 10.0. The van der Waals surface area contributed by atoms with Crippen LogP contribution < -0.4 is 39.0 Å². The topological polar surface area (TPSA) is 93.1 Å². The summed E-state index contributed by atoms with van der Waals surface area (Å²) in [5, 5.41) is 25.0. The molecule has 0 aliphatic carbocycles. The first kappa shape index (κ1) is 26.2. The molecule has 0 saturated heterocycles. The molecular formula is C24H32N4NaO3+. The van der Waals surface area contributed by atoms with Crippen molar-refractivity contribution in [1.82, 2.24) is 20.6 Å². The number of H-pyrrole nitrogens is 1. The number of ether oxygens (including phenoxy) is 2. The molecular weight excluding hydrogens is 415 g/mol. The van der Waals surface area contributed by atoms with Gasteiger partial charge in [-0.3, -0.25) is 0 Å². The van der Waals surface area contributed by atoms with E-state index in [1.54, 1.807) is 13.2 Å². The van der Waals surface area contributed by atoms with Crippen molar-refractivity contribution in [2.75, 3.05) is 13.7 Å². The number of hydrogen-bond acceptors (Lipinski definition) is 6. The number of aromatic nitrogens is 4. The van der Waals surface area contributed by atoms with Gasteiger partial charge in [-0.15, -0.1) is 10.2 Å². The smallest absolute Gasteiger partial charge is 0.507 e. The van der Waals surface area contributed by atoms with Crippen LogP contribution in [0.4, 0.5) is 0 Å². The van der Waals surface area contributed by atoms with Crippen molar-refractivity contribution >= 4 is 0 Å². The summed E-state index contributed by atoms with van der Waals surface area (Å²) in [5.74, 6) is 2.52. The molecule has 2 aromatic carbocycles. The van der Waals surface area contributed by atoms with Crippen LogP contribution >= 0.6 is 0 Å². The van der Waals surface area contributed by atoms with Crippen LogP contribution in [0.5, 0.6) is 17.2 Å². The molecule has 3 aromatic rings. The number of unbranched alkanes of at least 4 members (excludes halogenated alkanes) is 2. The van der Waals surface area contributed by atoms with E-state index in [1.165, 1.54) is 0 Å². The Balaban J connectivity index is 0.00000363.